The van der Waals surface area contributed by atoms with Crippen LogP contribution in [0.15, 0.2) is 54.6 Å². The zero-order chi connectivity index (χ0) is 12.3. The largest absolute Gasteiger partial charge is 0.478 e. The Labute approximate surface area is 100 Å². The molecule has 0 aromatic heterocycles. The quantitative estimate of drug-likeness (QED) is 0.811. The molecule has 2 rings (SSSR count). The molecule has 0 spiro atoms. The van der Waals surface area contributed by atoms with Gasteiger partial charge < -0.3 is 5.11 Å². The molecule has 2 aromatic carbocycles. The number of benzene rings is 2. The van der Waals surface area contributed by atoms with Crippen LogP contribution in [0.4, 0.5) is 0 Å². The Morgan fingerprint density at radius 2 is 1.82 bits per heavy atom. The third kappa shape index (κ3) is 2.72. The molecule has 0 radical (unpaired) electrons. The number of hydrogen-bond acceptors (Lipinski definition) is 1. The van der Waals surface area contributed by atoms with Crippen molar-refractivity contribution in [2.45, 2.75) is 12.8 Å². The van der Waals surface area contributed by atoms with E-state index in [-0.39, 0.29) is 5.57 Å². The summed E-state index contributed by atoms with van der Waals surface area (Å²) < 4.78 is 0. The van der Waals surface area contributed by atoms with E-state index in [1.165, 1.54) is 10.8 Å². The van der Waals surface area contributed by atoms with E-state index in [0.29, 0.717) is 6.42 Å². The Kier molecular flexibility index (Phi) is 3.24. The number of rotatable bonds is 4. The number of hydrogen-bond donors (Lipinski definition) is 1. The van der Waals surface area contributed by atoms with E-state index >= 15 is 0 Å². The van der Waals surface area contributed by atoms with E-state index in [4.69, 9.17) is 5.11 Å². The molecule has 0 aliphatic carbocycles. The molecule has 1 N–H and O–H groups in total. The molecule has 0 unspecified atom stereocenters. The molecule has 0 atom stereocenters. The average molecular weight is 226 g/mol. The number of aliphatic carboxylic acids is 1. The van der Waals surface area contributed by atoms with Crippen molar-refractivity contribution in [3.05, 3.63) is 60.2 Å². The smallest absolute Gasteiger partial charge is 0.330 e. The summed E-state index contributed by atoms with van der Waals surface area (Å²) in [6.45, 7) is 3.53. The van der Waals surface area contributed by atoms with Gasteiger partial charge in [-0.1, -0.05) is 49.0 Å². The van der Waals surface area contributed by atoms with Crippen molar-refractivity contribution in [1.82, 2.24) is 0 Å². The summed E-state index contributed by atoms with van der Waals surface area (Å²) in [5.74, 6) is -0.911. The highest BCUT2D eigenvalue weighted by Gasteiger charge is 2.04. The number of carboxylic acids is 1. The lowest BCUT2D eigenvalue weighted by Gasteiger charge is -2.04. The van der Waals surface area contributed by atoms with Gasteiger partial charge in [-0.2, -0.15) is 0 Å². The third-order valence-corrected chi connectivity index (χ3v) is 2.83. The third-order valence-electron chi connectivity index (χ3n) is 2.83. The summed E-state index contributed by atoms with van der Waals surface area (Å²) in [6, 6.07) is 14.3. The predicted molar refractivity (Wildman–Crippen MR) is 69.0 cm³/mol. The Morgan fingerprint density at radius 1 is 1.12 bits per heavy atom. The Bertz CT molecular complexity index is 570. The maximum Gasteiger partial charge on any atom is 0.330 e. The van der Waals surface area contributed by atoms with Crippen LogP contribution >= 0.6 is 0 Å². The summed E-state index contributed by atoms with van der Waals surface area (Å²) in [7, 11) is 0. The lowest BCUT2D eigenvalue weighted by atomic mass is 10.0. The van der Waals surface area contributed by atoms with Crippen molar-refractivity contribution in [2.75, 3.05) is 0 Å². The summed E-state index contributed by atoms with van der Waals surface area (Å²) in [4.78, 5) is 10.6. The monoisotopic (exact) mass is 226 g/mol. The normalized spacial score (nSPS) is 10.4. The molecule has 0 heterocycles. The van der Waals surface area contributed by atoms with Crippen LogP contribution in [0.1, 0.15) is 12.0 Å². The Morgan fingerprint density at radius 3 is 2.53 bits per heavy atom. The fourth-order valence-corrected chi connectivity index (χ4v) is 1.80. The average Bonchev–Trinajstić information content (AvgIpc) is 2.35. The Hall–Kier alpha value is -2.09. The molecule has 0 bridgehead atoms. The summed E-state index contributed by atoms with van der Waals surface area (Å²) in [5.41, 5.74) is 1.41. The van der Waals surface area contributed by atoms with Crippen molar-refractivity contribution < 1.29 is 9.90 Å². The standard InChI is InChI=1S/C15H14O2/c1-11(15(16)17)6-7-12-8-9-13-4-2-3-5-14(13)10-12/h2-5,8-10H,1,6-7H2,(H,16,17). The number of fused-ring (bicyclic) bond motifs is 1. The Balaban J connectivity index is 2.14. The second-order valence-corrected chi connectivity index (χ2v) is 4.09. The molecule has 0 fully saturated rings. The van der Waals surface area contributed by atoms with Crippen LogP contribution in [-0.2, 0) is 11.2 Å². The van der Waals surface area contributed by atoms with Gasteiger partial charge in [0.1, 0.15) is 0 Å². The van der Waals surface area contributed by atoms with Crippen molar-refractivity contribution in [3.8, 4) is 0 Å². The van der Waals surface area contributed by atoms with Gasteiger partial charge >= 0.3 is 5.97 Å². The molecule has 0 saturated carbocycles. The molecule has 2 heteroatoms. The minimum absolute atomic E-state index is 0.262. The van der Waals surface area contributed by atoms with Crippen LogP contribution in [0.25, 0.3) is 10.8 Å². The van der Waals surface area contributed by atoms with Crippen LogP contribution in [0, 0.1) is 0 Å². The fourth-order valence-electron chi connectivity index (χ4n) is 1.80. The first kappa shape index (κ1) is 11.4. The van der Waals surface area contributed by atoms with Gasteiger partial charge in [-0.25, -0.2) is 4.79 Å². The van der Waals surface area contributed by atoms with Gasteiger partial charge in [-0.3, -0.25) is 0 Å². The van der Waals surface area contributed by atoms with Gasteiger partial charge in [-0.05, 0) is 29.2 Å². The lowest BCUT2D eigenvalue weighted by molar-refractivity contribution is -0.132. The number of carbonyl (C=O) groups is 1. The molecule has 0 aliphatic heterocycles. The molecule has 17 heavy (non-hydrogen) atoms. The summed E-state index contributed by atoms with van der Waals surface area (Å²) in [6.07, 6.45) is 1.21. The van der Waals surface area contributed by atoms with E-state index in [9.17, 15) is 4.79 Å². The zero-order valence-corrected chi connectivity index (χ0v) is 9.52. The van der Waals surface area contributed by atoms with Gasteiger partial charge in [-0.15, -0.1) is 0 Å². The van der Waals surface area contributed by atoms with Gasteiger partial charge in [0, 0.05) is 5.57 Å². The van der Waals surface area contributed by atoms with Crippen LogP contribution in [0.3, 0.4) is 0 Å². The van der Waals surface area contributed by atoms with Gasteiger partial charge in [0.05, 0.1) is 0 Å². The maximum atomic E-state index is 10.6. The highest BCUT2D eigenvalue weighted by atomic mass is 16.4. The minimum atomic E-state index is -0.911. The number of carboxylic acid groups (broad SMARTS) is 1. The molecule has 86 valence electrons. The minimum Gasteiger partial charge on any atom is -0.478 e. The van der Waals surface area contributed by atoms with Crippen LogP contribution in [0.5, 0.6) is 0 Å². The van der Waals surface area contributed by atoms with E-state index in [1.807, 2.05) is 18.2 Å². The summed E-state index contributed by atoms with van der Waals surface area (Å²) >= 11 is 0. The molecule has 0 aliphatic rings. The molecule has 0 amide bonds. The predicted octanol–water partition coefficient (Wildman–Crippen LogP) is 3.41. The van der Waals surface area contributed by atoms with E-state index < -0.39 is 5.97 Å². The molecular weight excluding hydrogens is 212 g/mol. The second-order valence-electron chi connectivity index (χ2n) is 4.09. The lowest BCUT2D eigenvalue weighted by Crippen LogP contribution is -2.00. The maximum absolute atomic E-state index is 10.6. The topological polar surface area (TPSA) is 37.3 Å². The van der Waals surface area contributed by atoms with Crippen molar-refractivity contribution in [1.29, 1.82) is 0 Å². The first-order valence-corrected chi connectivity index (χ1v) is 5.55. The van der Waals surface area contributed by atoms with Gasteiger partial charge in [0.25, 0.3) is 0 Å². The van der Waals surface area contributed by atoms with Crippen molar-refractivity contribution in [3.63, 3.8) is 0 Å². The fraction of sp³-hybridized carbons (Fsp3) is 0.133. The molecular formula is C15H14O2. The molecule has 2 aromatic rings. The SMILES string of the molecule is C=C(CCc1ccc2ccccc2c1)C(=O)O. The number of aryl methyl sites for hydroxylation is 1. The van der Waals surface area contributed by atoms with Crippen molar-refractivity contribution >= 4 is 16.7 Å². The molecule has 2 nitrogen and oxygen atoms in total. The molecule has 0 saturated heterocycles. The van der Waals surface area contributed by atoms with E-state index in [2.05, 4.69) is 30.8 Å². The summed E-state index contributed by atoms with van der Waals surface area (Å²) in [5, 5.41) is 11.1. The van der Waals surface area contributed by atoms with Crippen LogP contribution < -0.4 is 0 Å². The van der Waals surface area contributed by atoms with Crippen LogP contribution in [0.2, 0.25) is 0 Å². The highest BCUT2D eigenvalue weighted by molar-refractivity contribution is 5.86. The first-order chi connectivity index (χ1) is 8.16. The van der Waals surface area contributed by atoms with Gasteiger partial charge in [0.15, 0.2) is 0 Å². The zero-order valence-electron chi connectivity index (χ0n) is 9.52. The highest BCUT2D eigenvalue weighted by Crippen LogP contribution is 2.17. The van der Waals surface area contributed by atoms with E-state index in [1.54, 1.807) is 0 Å². The van der Waals surface area contributed by atoms with Crippen LogP contribution in [-0.4, -0.2) is 11.1 Å². The van der Waals surface area contributed by atoms with Crippen molar-refractivity contribution in [2.24, 2.45) is 0 Å². The van der Waals surface area contributed by atoms with Gasteiger partial charge in [0.2, 0.25) is 0 Å². The van der Waals surface area contributed by atoms with E-state index in [0.717, 1.165) is 12.0 Å². The first-order valence-electron chi connectivity index (χ1n) is 5.55. The second kappa shape index (κ2) is 4.83.